The highest BCUT2D eigenvalue weighted by atomic mass is 16.6. The lowest BCUT2D eigenvalue weighted by Crippen LogP contribution is -2.56. The maximum Gasteiger partial charge on any atom is 0.332 e. The molecule has 1 saturated heterocycles. The van der Waals surface area contributed by atoms with Crippen LogP contribution in [0.25, 0.3) is 0 Å². The number of nitrogens with zero attached hydrogens (tertiary/aromatic N) is 2. The number of cyclic esters (lactones) is 1. The lowest BCUT2D eigenvalue weighted by atomic mass is 9.74. The molecule has 136 valence electrons. The van der Waals surface area contributed by atoms with Crippen molar-refractivity contribution in [1.82, 2.24) is 9.13 Å². The second kappa shape index (κ2) is 5.21. The summed E-state index contributed by atoms with van der Waals surface area (Å²) in [4.78, 5) is 37.5. The quantitative estimate of drug-likeness (QED) is 0.570. The number of phenolic OH excluding ortho intramolecular Hbond substituents is 1. The number of hydrogen-bond acceptors (Lipinski definition) is 7. The van der Waals surface area contributed by atoms with Gasteiger partial charge in [-0.15, -0.1) is 0 Å². The number of carbonyl (C=O) groups excluding carboxylic acids is 1. The van der Waals surface area contributed by atoms with Gasteiger partial charge >= 0.3 is 11.7 Å². The first-order chi connectivity index (χ1) is 12.2. The largest absolute Gasteiger partial charge is 0.508 e. The van der Waals surface area contributed by atoms with E-state index in [9.17, 15) is 24.6 Å². The lowest BCUT2D eigenvalue weighted by molar-refractivity contribution is -0.141. The van der Waals surface area contributed by atoms with Crippen LogP contribution in [0.3, 0.4) is 0 Å². The summed E-state index contributed by atoms with van der Waals surface area (Å²) < 4.78 is 7.23. The highest BCUT2D eigenvalue weighted by molar-refractivity contribution is 5.81. The van der Waals surface area contributed by atoms with Crippen molar-refractivity contribution >= 4 is 11.8 Å². The number of anilines is 1. The van der Waals surface area contributed by atoms with Gasteiger partial charge in [0, 0.05) is 20.0 Å². The number of aliphatic hydroxyl groups is 1. The van der Waals surface area contributed by atoms with E-state index in [1.54, 1.807) is 12.1 Å². The number of nitrogens with one attached hydrogen (secondary N) is 1. The molecule has 3 atom stereocenters. The molecule has 9 nitrogen and oxygen atoms in total. The van der Waals surface area contributed by atoms with Gasteiger partial charge in [0.05, 0.1) is 5.56 Å². The summed E-state index contributed by atoms with van der Waals surface area (Å²) in [6.45, 7) is -0.298. The van der Waals surface area contributed by atoms with Gasteiger partial charge in [0.2, 0.25) is 0 Å². The van der Waals surface area contributed by atoms with E-state index in [1.165, 1.54) is 30.8 Å². The molecule has 1 aromatic carbocycles. The smallest absolute Gasteiger partial charge is 0.332 e. The Labute approximate surface area is 147 Å². The minimum absolute atomic E-state index is 0.0283. The van der Waals surface area contributed by atoms with Crippen molar-refractivity contribution in [3.05, 3.63) is 56.2 Å². The van der Waals surface area contributed by atoms with Crippen LogP contribution >= 0.6 is 0 Å². The van der Waals surface area contributed by atoms with E-state index in [0.29, 0.717) is 5.56 Å². The lowest BCUT2D eigenvalue weighted by Gasteiger charge is -2.39. The maximum atomic E-state index is 12.9. The van der Waals surface area contributed by atoms with Crippen LogP contribution in [0.4, 0.5) is 5.82 Å². The van der Waals surface area contributed by atoms with Gasteiger partial charge in [-0.1, -0.05) is 12.1 Å². The van der Waals surface area contributed by atoms with Crippen molar-refractivity contribution in [2.45, 2.75) is 11.6 Å². The average Bonchev–Trinajstić information content (AvgIpc) is 2.92. The summed E-state index contributed by atoms with van der Waals surface area (Å²) in [7, 11) is 2.83. The molecule has 2 aliphatic heterocycles. The van der Waals surface area contributed by atoms with E-state index in [2.05, 4.69) is 5.32 Å². The third-order valence-electron chi connectivity index (χ3n) is 5.13. The second-order valence-electron chi connectivity index (χ2n) is 6.67. The number of hydrogen-bond donors (Lipinski definition) is 3. The Balaban J connectivity index is 2.08. The Morgan fingerprint density at radius 3 is 2.46 bits per heavy atom. The summed E-state index contributed by atoms with van der Waals surface area (Å²) in [6.07, 6.45) is 0. The standard InChI is InChI=1S/C17H17N3O6/c1-19-13-11(14(22)20(2)16(19)24)10(8-3-5-9(21)6-4-8)12-15(23)26-7-17(12,25)18-13/h3-6,10,12,18,21,25H,7H2,1-2H3. The van der Waals surface area contributed by atoms with Crippen LogP contribution in [-0.4, -0.2) is 37.6 Å². The van der Waals surface area contributed by atoms with Crippen molar-refractivity contribution in [2.75, 3.05) is 11.9 Å². The predicted octanol–water partition coefficient (Wildman–Crippen LogP) is -0.791. The zero-order chi connectivity index (χ0) is 18.8. The molecule has 0 aliphatic carbocycles. The van der Waals surface area contributed by atoms with Gasteiger partial charge in [0.1, 0.15) is 24.1 Å². The zero-order valence-corrected chi connectivity index (χ0v) is 14.1. The minimum Gasteiger partial charge on any atom is -0.508 e. The Bertz CT molecular complexity index is 1040. The van der Waals surface area contributed by atoms with E-state index in [0.717, 1.165) is 4.57 Å². The molecule has 26 heavy (non-hydrogen) atoms. The zero-order valence-electron chi connectivity index (χ0n) is 14.1. The van der Waals surface area contributed by atoms with Gasteiger partial charge in [0.25, 0.3) is 5.56 Å². The Kier molecular flexibility index (Phi) is 3.29. The van der Waals surface area contributed by atoms with Gasteiger partial charge in [-0.2, -0.15) is 0 Å². The number of rotatable bonds is 1. The number of ether oxygens (including phenoxy) is 1. The number of aromatic nitrogens is 2. The highest BCUT2D eigenvalue weighted by Crippen LogP contribution is 2.47. The topological polar surface area (TPSA) is 123 Å². The van der Waals surface area contributed by atoms with E-state index in [4.69, 9.17) is 4.74 Å². The van der Waals surface area contributed by atoms with Gasteiger partial charge in [-0.25, -0.2) is 4.79 Å². The Morgan fingerprint density at radius 1 is 1.15 bits per heavy atom. The molecule has 0 saturated carbocycles. The van der Waals surface area contributed by atoms with Crippen molar-refractivity contribution < 1.29 is 19.7 Å². The van der Waals surface area contributed by atoms with E-state index < -0.39 is 34.8 Å². The molecule has 3 N–H and O–H groups in total. The molecule has 0 radical (unpaired) electrons. The first kappa shape index (κ1) is 16.4. The number of fused-ring (bicyclic) bond motifs is 2. The highest BCUT2D eigenvalue weighted by Gasteiger charge is 2.58. The monoisotopic (exact) mass is 359 g/mol. The van der Waals surface area contributed by atoms with Crippen molar-refractivity contribution in [3.8, 4) is 5.75 Å². The van der Waals surface area contributed by atoms with Crippen LogP contribution in [0, 0.1) is 5.92 Å². The fraction of sp³-hybridized carbons (Fsp3) is 0.353. The summed E-state index contributed by atoms with van der Waals surface area (Å²) in [5, 5.41) is 23.3. The van der Waals surface area contributed by atoms with Crippen LogP contribution in [-0.2, 0) is 23.6 Å². The fourth-order valence-electron chi connectivity index (χ4n) is 3.80. The molecule has 2 aromatic rings. The first-order valence-electron chi connectivity index (χ1n) is 8.00. The SMILES string of the molecule is Cn1c2c(c(=O)n(C)c1=O)C(c1ccc(O)cc1)C1C(=O)OCC1(O)N2. The number of phenols is 1. The van der Waals surface area contributed by atoms with Gasteiger partial charge in [0.15, 0.2) is 5.72 Å². The van der Waals surface area contributed by atoms with Gasteiger partial charge in [-0.3, -0.25) is 18.7 Å². The molecule has 2 aliphatic rings. The first-order valence-corrected chi connectivity index (χ1v) is 8.00. The predicted molar refractivity (Wildman–Crippen MR) is 89.9 cm³/mol. The summed E-state index contributed by atoms with van der Waals surface area (Å²) >= 11 is 0. The number of esters is 1. The molecule has 0 spiro atoms. The van der Waals surface area contributed by atoms with Crippen LogP contribution in [0.2, 0.25) is 0 Å². The number of aromatic hydroxyl groups is 1. The summed E-state index contributed by atoms with van der Waals surface area (Å²) in [5.74, 6) is -2.37. The van der Waals surface area contributed by atoms with E-state index >= 15 is 0 Å². The summed E-state index contributed by atoms with van der Waals surface area (Å²) in [5.41, 5.74) is -2.13. The van der Waals surface area contributed by atoms with Crippen molar-refractivity contribution in [1.29, 1.82) is 0 Å². The molecule has 3 unspecified atom stereocenters. The van der Waals surface area contributed by atoms with Crippen LogP contribution in [0.15, 0.2) is 33.9 Å². The molecule has 9 heteroatoms. The number of carbonyl (C=O) groups is 1. The molecular formula is C17H17N3O6. The van der Waals surface area contributed by atoms with Gasteiger partial charge < -0.3 is 20.3 Å². The summed E-state index contributed by atoms with van der Waals surface area (Å²) in [6, 6.07) is 6.02. The molecule has 0 bridgehead atoms. The fourth-order valence-corrected chi connectivity index (χ4v) is 3.80. The molecule has 3 heterocycles. The number of benzene rings is 1. The average molecular weight is 359 g/mol. The molecule has 1 aromatic heterocycles. The molecule has 1 fully saturated rings. The van der Waals surface area contributed by atoms with Crippen LogP contribution < -0.4 is 16.6 Å². The van der Waals surface area contributed by atoms with E-state index in [-0.39, 0.29) is 23.7 Å². The molecule has 0 amide bonds. The second-order valence-corrected chi connectivity index (χ2v) is 6.67. The van der Waals surface area contributed by atoms with Gasteiger partial charge in [-0.05, 0) is 17.7 Å². The van der Waals surface area contributed by atoms with E-state index in [1.807, 2.05) is 0 Å². The van der Waals surface area contributed by atoms with Crippen molar-refractivity contribution in [3.63, 3.8) is 0 Å². The molecule has 4 rings (SSSR count). The van der Waals surface area contributed by atoms with Crippen LogP contribution in [0.1, 0.15) is 17.0 Å². The maximum absolute atomic E-state index is 12.9. The third kappa shape index (κ3) is 2.03. The normalized spacial score (nSPS) is 26.7. The minimum atomic E-state index is -1.75. The molecular weight excluding hydrogens is 342 g/mol. The van der Waals surface area contributed by atoms with Crippen LogP contribution in [0.5, 0.6) is 5.75 Å². The third-order valence-corrected chi connectivity index (χ3v) is 5.13. The Hall–Kier alpha value is -3.07. The Morgan fingerprint density at radius 2 is 1.81 bits per heavy atom. The van der Waals surface area contributed by atoms with Crippen molar-refractivity contribution in [2.24, 2.45) is 20.0 Å².